The van der Waals surface area contributed by atoms with E-state index in [0.29, 0.717) is 6.54 Å². The summed E-state index contributed by atoms with van der Waals surface area (Å²) in [7, 11) is 1.45. The lowest BCUT2D eigenvalue weighted by Gasteiger charge is -2.31. The number of hydrogen-bond acceptors (Lipinski definition) is 4. The van der Waals surface area contributed by atoms with Gasteiger partial charge in [0, 0.05) is 24.7 Å². The minimum atomic E-state index is -0.112. The van der Waals surface area contributed by atoms with E-state index in [4.69, 9.17) is 22.1 Å². The monoisotopic (exact) mass is 296 g/mol. The Kier molecular flexibility index (Phi) is 5.40. The van der Waals surface area contributed by atoms with Crippen LogP contribution < -0.4 is 5.73 Å². The third kappa shape index (κ3) is 3.72. The van der Waals surface area contributed by atoms with Crippen LogP contribution in [0.1, 0.15) is 24.0 Å². The van der Waals surface area contributed by atoms with Gasteiger partial charge in [0.15, 0.2) is 0 Å². The second-order valence-corrected chi connectivity index (χ2v) is 5.63. The number of esters is 1. The highest BCUT2D eigenvalue weighted by molar-refractivity contribution is 6.31. The van der Waals surface area contributed by atoms with Crippen molar-refractivity contribution in [3.63, 3.8) is 0 Å². The summed E-state index contributed by atoms with van der Waals surface area (Å²) in [5.41, 5.74) is 7.71. The summed E-state index contributed by atoms with van der Waals surface area (Å²) in [6.45, 7) is 2.98. The fourth-order valence-corrected chi connectivity index (χ4v) is 2.91. The third-order valence-corrected chi connectivity index (χ3v) is 4.14. The molecule has 1 fully saturated rings. The van der Waals surface area contributed by atoms with Gasteiger partial charge in [-0.3, -0.25) is 9.69 Å². The van der Waals surface area contributed by atoms with E-state index in [0.717, 1.165) is 48.6 Å². The highest BCUT2D eigenvalue weighted by Gasteiger charge is 2.26. The summed E-state index contributed by atoms with van der Waals surface area (Å²) in [6, 6.07) is 5.94. The number of rotatable bonds is 4. The number of halogens is 1. The number of ether oxygens (including phenoxy) is 1. The quantitative estimate of drug-likeness (QED) is 0.865. The Hall–Kier alpha value is -1.10. The largest absolute Gasteiger partial charge is 0.469 e. The van der Waals surface area contributed by atoms with Crippen LogP contribution in [0.15, 0.2) is 18.2 Å². The number of likely N-dealkylation sites (tertiary alicyclic amines) is 1. The first-order valence-electron chi connectivity index (χ1n) is 6.91. The van der Waals surface area contributed by atoms with E-state index < -0.39 is 0 Å². The SMILES string of the molecule is COC(=O)C1CCCN(Cc2ccc(CN)cc2Cl)C1. The normalized spacial score (nSPS) is 19.9. The average molecular weight is 297 g/mol. The van der Waals surface area contributed by atoms with Crippen LogP contribution in [0.25, 0.3) is 0 Å². The Labute approximate surface area is 124 Å². The summed E-state index contributed by atoms with van der Waals surface area (Å²) in [5.74, 6) is -0.130. The molecular formula is C15H21ClN2O2. The van der Waals surface area contributed by atoms with Crippen LogP contribution in [-0.2, 0) is 22.6 Å². The van der Waals surface area contributed by atoms with Crippen LogP contribution in [0.5, 0.6) is 0 Å². The van der Waals surface area contributed by atoms with Gasteiger partial charge in [-0.1, -0.05) is 23.7 Å². The average Bonchev–Trinajstić information content (AvgIpc) is 2.48. The molecule has 1 saturated heterocycles. The van der Waals surface area contributed by atoms with E-state index in [9.17, 15) is 4.79 Å². The highest BCUT2D eigenvalue weighted by atomic mass is 35.5. The number of piperidine rings is 1. The molecule has 0 spiro atoms. The number of methoxy groups -OCH3 is 1. The molecule has 1 aliphatic heterocycles. The topological polar surface area (TPSA) is 55.6 Å². The molecule has 1 unspecified atom stereocenters. The molecule has 4 nitrogen and oxygen atoms in total. The van der Waals surface area contributed by atoms with Gasteiger partial charge in [0.25, 0.3) is 0 Å². The number of carbonyl (C=O) groups is 1. The predicted octanol–water partition coefficient (Wildman–Crippen LogP) is 2.18. The lowest BCUT2D eigenvalue weighted by molar-refractivity contribution is -0.147. The van der Waals surface area contributed by atoms with Gasteiger partial charge in [-0.05, 0) is 36.6 Å². The predicted molar refractivity (Wildman–Crippen MR) is 79.4 cm³/mol. The van der Waals surface area contributed by atoms with E-state index in [2.05, 4.69) is 4.90 Å². The minimum Gasteiger partial charge on any atom is -0.469 e. The first-order chi connectivity index (χ1) is 9.63. The molecule has 2 rings (SSSR count). The zero-order valence-electron chi connectivity index (χ0n) is 11.8. The van der Waals surface area contributed by atoms with Crippen LogP contribution in [0.2, 0.25) is 5.02 Å². The number of hydrogen-bond donors (Lipinski definition) is 1. The maximum Gasteiger partial charge on any atom is 0.309 e. The number of benzene rings is 1. The van der Waals surface area contributed by atoms with Crippen molar-refractivity contribution in [3.05, 3.63) is 34.3 Å². The van der Waals surface area contributed by atoms with Gasteiger partial charge in [0.05, 0.1) is 13.0 Å². The van der Waals surface area contributed by atoms with Gasteiger partial charge >= 0.3 is 5.97 Å². The molecule has 0 radical (unpaired) electrons. The fraction of sp³-hybridized carbons (Fsp3) is 0.533. The van der Waals surface area contributed by atoms with E-state index >= 15 is 0 Å². The van der Waals surface area contributed by atoms with Crippen LogP contribution in [0, 0.1) is 5.92 Å². The third-order valence-electron chi connectivity index (χ3n) is 3.79. The number of nitrogens with zero attached hydrogens (tertiary/aromatic N) is 1. The molecule has 0 amide bonds. The number of carbonyl (C=O) groups excluding carboxylic acids is 1. The van der Waals surface area contributed by atoms with Crippen molar-refractivity contribution in [1.29, 1.82) is 0 Å². The first kappa shape index (κ1) is 15.3. The zero-order chi connectivity index (χ0) is 14.5. The summed E-state index contributed by atoms with van der Waals surface area (Å²) >= 11 is 6.28. The summed E-state index contributed by atoms with van der Waals surface area (Å²) < 4.78 is 4.84. The van der Waals surface area contributed by atoms with Gasteiger partial charge in [0.1, 0.15) is 0 Å². The van der Waals surface area contributed by atoms with Gasteiger partial charge < -0.3 is 10.5 Å². The molecule has 20 heavy (non-hydrogen) atoms. The summed E-state index contributed by atoms with van der Waals surface area (Å²) in [4.78, 5) is 13.9. The molecule has 1 aromatic rings. The van der Waals surface area contributed by atoms with Crippen molar-refractivity contribution < 1.29 is 9.53 Å². The van der Waals surface area contributed by atoms with Crippen LogP contribution in [-0.4, -0.2) is 31.1 Å². The number of nitrogens with two attached hydrogens (primary N) is 1. The Balaban J connectivity index is 2.00. The van der Waals surface area contributed by atoms with Crippen molar-refractivity contribution >= 4 is 17.6 Å². The molecule has 1 aliphatic rings. The maximum atomic E-state index is 11.6. The van der Waals surface area contributed by atoms with Crippen molar-refractivity contribution in [1.82, 2.24) is 4.90 Å². The molecule has 0 aromatic heterocycles. The molecular weight excluding hydrogens is 276 g/mol. The van der Waals surface area contributed by atoms with Gasteiger partial charge in [0.2, 0.25) is 0 Å². The van der Waals surface area contributed by atoms with Gasteiger partial charge in [-0.15, -0.1) is 0 Å². The smallest absolute Gasteiger partial charge is 0.309 e. The molecule has 2 N–H and O–H groups in total. The van der Waals surface area contributed by atoms with Crippen molar-refractivity contribution in [2.24, 2.45) is 11.7 Å². The van der Waals surface area contributed by atoms with Crippen LogP contribution in [0.4, 0.5) is 0 Å². The Bertz CT molecular complexity index is 479. The summed E-state index contributed by atoms with van der Waals surface area (Å²) in [6.07, 6.45) is 1.92. The lowest BCUT2D eigenvalue weighted by Crippen LogP contribution is -2.38. The molecule has 0 saturated carbocycles. The molecule has 5 heteroatoms. The first-order valence-corrected chi connectivity index (χ1v) is 7.29. The standard InChI is InChI=1S/C15H21ClN2O2/c1-20-15(19)13-3-2-6-18(10-13)9-12-5-4-11(8-17)7-14(12)16/h4-5,7,13H,2-3,6,8-10,17H2,1H3. The molecule has 0 bridgehead atoms. The fourth-order valence-electron chi connectivity index (χ4n) is 2.65. The molecule has 1 aromatic carbocycles. The maximum absolute atomic E-state index is 11.6. The van der Waals surface area contributed by atoms with Crippen molar-refractivity contribution in [3.8, 4) is 0 Å². The van der Waals surface area contributed by atoms with E-state index in [1.54, 1.807) is 0 Å². The van der Waals surface area contributed by atoms with Crippen LogP contribution in [0.3, 0.4) is 0 Å². The van der Waals surface area contributed by atoms with E-state index in [-0.39, 0.29) is 11.9 Å². The molecule has 110 valence electrons. The Morgan fingerprint density at radius 2 is 2.35 bits per heavy atom. The summed E-state index contributed by atoms with van der Waals surface area (Å²) in [5, 5.41) is 0.744. The van der Waals surface area contributed by atoms with Gasteiger partial charge in [-0.2, -0.15) is 0 Å². The molecule has 0 aliphatic carbocycles. The molecule has 1 atom stereocenters. The zero-order valence-corrected chi connectivity index (χ0v) is 12.5. The highest BCUT2D eigenvalue weighted by Crippen LogP contribution is 2.23. The van der Waals surface area contributed by atoms with Crippen molar-refractivity contribution in [2.45, 2.75) is 25.9 Å². The second kappa shape index (κ2) is 7.07. The molecule has 1 heterocycles. The van der Waals surface area contributed by atoms with E-state index in [1.165, 1.54) is 7.11 Å². The van der Waals surface area contributed by atoms with Crippen LogP contribution >= 0.6 is 11.6 Å². The minimum absolute atomic E-state index is 0.0177. The Morgan fingerprint density at radius 1 is 1.55 bits per heavy atom. The van der Waals surface area contributed by atoms with Crippen molar-refractivity contribution in [2.75, 3.05) is 20.2 Å². The van der Waals surface area contributed by atoms with E-state index in [1.807, 2.05) is 18.2 Å². The second-order valence-electron chi connectivity index (χ2n) is 5.23. The van der Waals surface area contributed by atoms with Gasteiger partial charge in [-0.25, -0.2) is 0 Å². The Morgan fingerprint density at radius 3 is 3.00 bits per heavy atom. The lowest BCUT2D eigenvalue weighted by atomic mass is 9.97.